The number of hydrogen-bond acceptors (Lipinski definition) is 5. The predicted molar refractivity (Wildman–Crippen MR) is 283 cm³/mol. The first-order valence-electron chi connectivity index (χ1n) is 29.8. The van der Waals surface area contributed by atoms with E-state index >= 15 is 0 Å². The fourth-order valence-corrected chi connectivity index (χ4v) is 9.67. The molecule has 3 atom stereocenters. The molecule has 0 heterocycles. The van der Waals surface area contributed by atoms with Crippen molar-refractivity contribution in [3.05, 3.63) is 0 Å². The van der Waals surface area contributed by atoms with Gasteiger partial charge in [-0.25, -0.2) is 0 Å². The zero-order chi connectivity index (χ0) is 47.4. The van der Waals surface area contributed by atoms with Crippen LogP contribution in [0, 0.1) is 0 Å². The smallest absolute Gasteiger partial charge is 0.306 e. The maximum atomic E-state index is 13.3. The molecule has 0 saturated heterocycles. The molecular weight excluding hydrogens is 803 g/mol. The fourth-order valence-electron chi connectivity index (χ4n) is 9.67. The first-order chi connectivity index (χ1) is 32.0. The number of esters is 1. The summed E-state index contributed by atoms with van der Waals surface area (Å²) in [6, 6.07) is -0.693. The van der Waals surface area contributed by atoms with Crippen LogP contribution in [0.3, 0.4) is 0 Å². The highest BCUT2D eigenvalue weighted by atomic mass is 16.5. The molecule has 0 radical (unpaired) electrons. The first-order valence-corrected chi connectivity index (χ1v) is 29.8. The largest absolute Gasteiger partial charge is 0.462 e. The van der Waals surface area contributed by atoms with Crippen LogP contribution in [-0.4, -0.2) is 46.9 Å². The Bertz CT molecular complexity index is 944. The molecule has 65 heavy (non-hydrogen) atoms. The summed E-state index contributed by atoms with van der Waals surface area (Å²) in [6.07, 6.45) is 60.3. The van der Waals surface area contributed by atoms with Crippen molar-refractivity contribution in [3.63, 3.8) is 0 Å². The van der Waals surface area contributed by atoms with Crippen LogP contribution < -0.4 is 5.32 Å². The van der Waals surface area contributed by atoms with E-state index in [9.17, 15) is 19.8 Å². The number of carbonyl (C=O) groups is 2. The van der Waals surface area contributed by atoms with E-state index in [0.717, 1.165) is 38.5 Å². The van der Waals surface area contributed by atoms with Crippen LogP contribution in [0.2, 0.25) is 0 Å². The second kappa shape index (κ2) is 53.8. The number of amides is 1. The normalized spacial score (nSPS) is 13.0. The van der Waals surface area contributed by atoms with Crippen LogP contribution >= 0.6 is 0 Å². The molecule has 0 fully saturated rings. The van der Waals surface area contributed by atoms with Gasteiger partial charge in [0.15, 0.2) is 0 Å². The Balaban J connectivity index is 4.46. The van der Waals surface area contributed by atoms with Crippen LogP contribution in [-0.2, 0) is 14.3 Å². The Kier molecular flexibility index (Phi) is 52.9. The van der Waals surface area contributed by atoms with E-state index in [1.54, 1.807) is 0 Å². The van der Waals surface area contributed by atoms with E-state index in [0.29, 0.717) is 19.3 Å². The number of aliphatic hydroxyl groups excluding tert-OH is 2. The van der Waals surface area contributed by atoms with Gasteiger partial charge >= 0.3 is 5.97 Å². The number of unbranched alkanes of at least 4 members (excludes halogenated alkanes) is 43. The molecule has 3 N–H and O–H groups in total. The summed E-state index contributed by atoms with van der Waals surface area (Å²) in [5.74, 6) is -0.444. The zero-order valence-electron chi connectivity index (χ0n) is 44.4. The number of ether oxygens (including phenoxy) is 1. The van der Waals surface area contributed by atoms with Crippen molar-refractivity contribution >= 4 is 11.9 Å². The standard InChI is InChI=1S/C59H117NO5/c1-4-7-10-13-16-19-22-25-27-29-31-34-36-39-42-45-48-51-57(62)56(54-61)60-58(63)53-55(50-47-44-41-38-35-33-30-28-26-23-20-17-14-11-8-5-2)65-59(64)52-49-46-43-40-37-32-24-21-18-15-12-9-6-3/h55-57,61-62H,4-54H2,1-3H3,(H,60,63). The minimum atomic E-state index is -0.780. The second-order valence-electron chi connectivity index (χ2n) is 20.8. The Morgan fingerprint density at radius 2 is 0.646 bits per heavy atom. The zero-order valence-corrected chi connectivity index (χ0v) is 44.4. The highest BCUT2D eigenvalue weighted by molar-refractivity contribution is 5.77. The van der Waals surface area contributed by atoms with Gasteiger partial charge in [0.1, 0.15) is 6.10 Å². The van der Waals surface area contributed by atoms with Crippen LogP contribution in [0.15, 0.2) is 0 Å². The summed E-state index contributed by atoms with van der Waals surface area (Å²) in [4.78, 5) is 26.3. The van der Waals surface area contributed by atoms with Gasteiger partial charge in [0.2, 0.25) is 5.91 Å². The Morgan fingerprint density at radius 3 is 0.938 bits per heavy atom. The van der Waals surface area contributed by atoms with Gasteiger partial charge in [0, 0.05) is 6.42 Å². The lowest BCUT2D eigenvalue weighted by Crippen LogP contribution is -2.46. The number of nitrogens with one attached hydrogen (secondary N) is 1. The van der Waals surface area contributed by atoms with Crippen LogP contribution in [0.1, 0.15) is 342 Å². The minimum absolute atomic E-state index is 0.0887. The van der Waals surface area contributed by atoms with Gasteiger partial charge in [-0.1, -0.05) is 303 Å². The molecule has 1 amide bonds. The number of aliphatic hydroxyl groups is 2. The van der Waals surface area contributed by atoms with E-state index in [4.69, 9.17) is 4.74 Å². The quantitative estimate of drug-likeness (QED) is 0.0417. The van der Waals surface area contributed by atoms with Crippen LogP contribution in [0.25, 0.3) is 0 Å². The molecule has 6 nitrogen and oxygen atoms in total. The van der Waals surface area contributed by atoms with Crippen LogP contribution in [0.4, 0.5) is 0 Å². The van der Waals surface area contributed by atoms with E-state index in [2.05, 4.69) is 26.1 Å². The van der Waals surface area contributed by atoms with Crippen molar-refractivity contribution in [2.75, 3.05) is 6.61 Å². The number of hydrogen-bond donors (Lipinski definition) is 3. The van der Waals surface area contributed by atoms with E-state index in [1.807, 2.05) is 0 Å². The van der Waals surface area contributed by atoms with Crippen molar-refractivity contribution in [1.29, 1.82) is 0 Å². The summed E-state index contributed by atoms with van der Waals surface area (Å²) in [5, 5.41) is 23.9. The molecule has 0 aliphatic carbocycles. The summed E-state index contributed by atoms with van der Waals surface area (Å²) in [5.41, 5.74) is 0. The second-order valence-corrected chi connectivity index (χ2v) is 20.8. The third-order valence-electron chi connectivity index (χ3n) is 14.2. The van der Waals surface area contributed by atoms with Gasteiger partial charge in [-0.3, -0.25) is 9.59 Å². The highest BCUT2D eigenvalue weighted by Gasteiger charge is 2.24. The maximum Gasteiger partial charge on any atom is 0.306 e. The van der Waals surface area contributed by atoms with Crippen molar-refractivity contribution < 1.29 is 24.5 Å². The molecule has 6 heteroatoms. The average Bonchev–Trinajstić information content (AvgIpc) is 3.30. The monoisotopic (exact) mass is 920 g/mol. The van der Waals surface area contributed by atoms with Gasteiger partial charge in [-0.05, 0) is 25.7 Å². The van der Waals surface area contributed by atoms with E-state index < -0.39 is 18.2 Å². The lowest BCUT2D eigenvalue weighted by molar-refractivity contribution is -0.151. The number of rotatable bonds is 55. The van der Waals surface area contributed by atoms with Crippen LogP contribution in [0.5, 0.6) is 0 Å². The third-order valence-corrected chi connectivity index (χ3v) is 14.2. The van der Waals surface area contributed by atoms with Gasteiger partial charge in [0.25, 0.3) is 0 Å². The molecule has 0 aromatic heterocycles. The fraction of sp³-hybridized carbons (Fsp3) is 0.966. The Morgan fingerprint density at radius 1 is 0.385 bits per heavy atom. The van der Waals surface area contributed by atoms with Crippen molar-refractivity contribution in [3.8, 4) is 0 Å². The molecule has 0 saturated carbocycles. The molecule has 0 aromatic rings. The molecule has 3 unspecified atom stereocenters. The lowest BCUT2D eigenvalue weighted by atomic mass is 10.0. The molecule has 0 spiro atoms. The number of carbonyl (C=O) groups excluding carboxylic acids is 2. The molecule has 0 aliphatic heterocycles. The topological polar surface area (TPSA) is 95.9 Å². The average molecular weight is 921 g/mol. The molecule has 0 bridgehead atoms. The summed E-state index contributed by atoms with van der Waals surface area (Å²) in [6.45, 7) is 6.54. The van der Waals surface area contributed by atoms with Gasteiger partial charge in [0.05, 0.1) is 25.2 Å². The SMILES string of the molecule is CCCCCCCCCCCCCCCCCCCC(O)C(CO)NC(=O)CC(CCCCCCCCCCCCCCCCCC)OC(=O)CCCCCCCCCCCCCCC. The van der Waals surface area contributed by atoms with E-state index in [-0.39, 0.29) is 24.9 Å². The lowest BCUT2D eigenvalue weighted by Gasteiger charge is -2.24. The molecular formula is C59H117NO5. The summed E-state index contributed by atoms with van der Waals surface area (Å²) < 4.78 is 5.97. The van der Waals surface area contributed by atoms with Gasteiger partial charge in [-0.15, -0.1) is 0 Å². The first kappa shape index (κ1) is 63.9. The third kappa shape index (κ3) is 49.1. The van der Waals surface area contributed by atoms with Crippen molar-refractivity contribution in [2.24, 2.45) is 0 Å². The maximum absolute atomic E-state index is 13.3. The summed E-state index contributed by atoms with van der Waals surface area (Å²) >= 11 is 0. The molecule has 388 valence electrons. The predicted octanol–water partition coefficient (Wildman–Crippen LogP) is 18.3. The van der Waals surface area contributed by atoms with E-state index in [1.165, 1.54) is 257 Å². The summed E-state index contributed by atoms with van der Waals surface area (Å²) in [7, 11) is 0. The Labute approximate surface area is 406 Å². The molecule has 0 aliphatic rings. The van der Waals surface area contributed by atoms with Gasteiger partial charge < -0.3 is 20.3 Å². The Hall–Kier alpha value is -1.14. The van der Waals surface area contributed by atoms with Crippen molar-refractivity contribution in [1.82, 2.24) is 5.32 Å². The van der Waals surface area contributed by atoms with Gasteiger partial charge in [-0.2, -0.15) is 0 Å². The highest BCUT2D eigenvalue weighted by Crippen LogP contribution is 2.20. The molecule has 0 rings (SSSR count). The van der Waals surface area contributed by atoms with Crippen molar-refractivity contribution in [2.45, 2.75) is 360 Å². The molecule has 0 aromatic carbocycles. The minimum Gasteiger partial charge on any atom is -0.462 e.